The van der Waals surface area contributed by atoms with E-state index in [-0.39, 0.29) is 18.4 Å². The Balaban J connectivity index is 2.61. The Bertz CT molecular complexity index is 499. The van der Waals surface area contributed by atoms with Gasteiger partial charge in [-0.15, -0.1) is 0 Å². The third-order valence-corrected chi connectivity index (χ3v) is 3.11. The Morgan fingerprint density at radius 2 is 2.05 bits per heavy atom. The molecule has 2 N–H and O–H groups in total. The second-order valence-electron chi connectivity index (χ2n) is 5.59. The molecule has 0 aliphatic carbocycles. The van der Waals surface area contributed by atoms with Crippen LogP contribution >= 0.6 is 0 Å². The number of hydrogen-bond donors (Lipinski definition) is 2. The van der Waals surface area contributed by atoms with Gasteiger partial charge in [0.15, 0.2) is 0 Å². The number of carbonyl (C=O) groups is 2. The standard InChI is InChI=1S/C17H25NO4/c1-4-5-9-15(17(20)21)18-16(19)11-13-7-6-8-14(10-13)22-12(2)3/h6-8,10,12,15H,4-5,9,11H2,1-3H3,(H,18,19)(H,20,21)/t15-/m0/s1. The van der Waals surface area contributed by atoms with Gasteiger partial charge in [-0.25, -0.2) is 4.79 Å². The molecule has 0 unspecified atom stereocenters. The van der Waals surface area contributed by atoms with E-state index in [0.717, 1.165) is 18.4 Å². The lowest BCUT2D eigenvalue weighted by atomic mass is 10.1. The molecule has 0 aliphatic heterocycles. The first-order valence-electron chi connectivity index (χ1n) is 7.70. The fraction of sp³-hybridized carbons (Fsp3) is 0.529. The molecule has 122 valence electrons. The van der Waals surface area contributed by atoms with Crippen molar-refractivity contribution in [1.82, 2.24) is 5.32 Å². The van der Waals surface area contributed by atoms with Gasteiger partial charge >= 0.3 is 5.97 Å². The van der Waals surface area contributed by atoms with E-state index in [1.807, 2.05) is 39.0 Å². The van der Waals surface area contributed by atoms with E-state index in [9.17, 15) is 9.59 Å². The molecule has 1 rings (SSSR count). The minimum Gasteiger partial charge on any atom is -0.491 e. The van der Waals surface area contributed by atoms with Crippen molar-refractivity contribution in [2.75, 3.05) is 0 Å². The lowest BCUT2D eigenvalue weighted by Gasteiger charge is -2.14. The van der Waals surface area contributed by atoms with E-state index >= 15 is 0 Å². The molecular weight excluding hydrogens is 282 g/mol. The van der Waals surface area contributed by atoms with Gasteiger partial charge in [0.1, 0.15) is 11.8 Å². The summed E-state index contributed by atoms with van der Waals surface area (Å²) in [6.07, 6.45) is 2.33. The van der Waals surface area contributed by atoms with Gasteiger partial charge in [0, 0.05) is 0 Å². The number of aliphatic carboxylic acids is 1. The van der Waals surface area contributed by atoms with Gasteiger partial charge in [-0.3, -0.25) is 4.79 Å². The molecule has 1 aromatic carbocycles. The molecule has 0 bridgehead atoms. The van der Waals surface area contributed by atoms with Crippen molar-refractivity contribution in [2.45, 2.75) is 58.6 Å². The summed E-state index contributed by atoms with van der Waals surface area (Å²) >= 11 is 0. The van der Waals surface area contributed by atoms with Crippen molar-refractivity contribution >= 4 is 11.9 Å². The van der Waals surface area contributed by atoms with E-state index in [0.29, 0.717) is 12.2 Å². The normalized spacial score (nSPS) is 12.0. The van der Waals surface area contributed by atoms with Gasteiger partial charge in [-0.05, 0) is 38.0 Å². The molecule has 1 aromatic rings. The third kappa shape index (κ3) is 6.61. The first kappa shape index (κ1) is 18.0. The van der Waals surface area contributed by atoms with Crippen LogP contribution in [0.1, 0.15) is 45.6 Å². The highest BCUT2D eigenvalue weighted by molar-refractivity contribution is 5.84. The zero-order valence-electron chi connectivity index (χ0n) is 13.5. The Kier molecular flexibility index (Phi) is 7.43. The molecule has 0 saturated carbocycles. The summed E-state index contributed by atoms with van der Waals surface area (Å²) < 4.78 is 5.58. The molecule has 5 heteroatoms. The number of carboxylic acids is 1. The summed E-state index contributed by atoms with van der Waals surface area (Å²) in [5.41, 5.74) is 0.801. The average Bonchev–Trinajstić information content (AvgIpc) is 2.42. The number of nitrogens with one attached hydrogen (secondary N) is 1. The maximum atomic E-state index is 12.0. The van der Waals surface area contributed by atoms with Crippen LogP contribution < -0.4 is 10.1 Å². The number of unbranched alkanes of at least 4 members (excludes halogenated alkanes) is 1. The topological polar surface area (TPSA) is 75.6 Å². The summed E-state index contributed by atoms with van der Waals surface area (Å²) in [5, 5.41) is 11.7. The van der Waals surface area contributed by atoms with Crippen LogP contribution in [0.3, 0.4) is 0 Å². The highest BCUT2D eigenvalue weighted by Crippen LogP contribution is 2.15. The molecule has 0 fully saturated rings. The largest absolute Gasteiger partial charge is 0.491 e. The van der Waals surface area contributed by atoms with E-state index < -0.39 is 12.0 Å². The van der Waals surface area contributed by atoms with Crippen LogP contribution in [0.4, 0.5) is 0 Å². The van der Waals surface area contributed by atoms with Crippen molar-refractivity contribution < 1.29 is 19.4 Å². The van der Waals surface area contributed by atoms with E-state index in [1.165, 1.54) is 0 Å². The minimum absolute atomic E-state index is 0.0644. The van der Waals surface area contributed by atoms with E-state index in [2.05, 4.69) is 5.32 Å². The molecular formula is C17H25NO4. The van der Waals surface area contributed by atoms with Crippen LogP contribution in [0, 0.1) is 0 Å². The highest BCUT2D eigenvalue weighted by Gasteiger charge is 2.19. The van der Waals surface area contributed by atoms with Crippen molar-refractivity contribution in [3.63, 3.8) is 0 Å². The lowest BCUT2D eigenvalue weighted by Crippen LogP contribution is -2.41. The molecule has 0 aliphatic rings. The van der Waals surface area contributed by atoms with E-state index in [4.69, 9.17) is 9.84 Å². The molecule has 0 saturated heterocycles. The Morgan fingerprint density at radius 1 is 1.32 bits per heavy atom. The zero-order chi connectivity index (χ0) is 16.5. The Hall–Kier alpha value is -2.04. The van der Waals surface area contributed by atoms with Crippen molar-refractivity contribution in [3.05, 3.63) is 29.8 Å². The predicted molar refractivity (Wildman–Crippen MR) is 85.0 cm³/mol. The number of carboxylic acid groups (broad SMARTS) is 1. The fourth-order valence-corrected chi connectivity index (χ4v) is 2.10. The number of amides is 1. The highest BCUT2D eigenvalue weighted by atomic mass is 16.5. The van der Waals surface area contributed by atoms with Crippen LogP contribution in [0.2, 0.25) is 0 Å². The Morgan fingerprint density at radius 3 is 2.64 bits per heavy atom. The first-order valence-corrected chi connectivity index (χ1v) is 7.70. The summed E-state index contributed by atoms with van der Waals surface area (Å²) in [6.45, 7) is 5.86. The number of carbonyl (C=O) groups excluding carboxylic acids is 1. The first-order chi connectivity index (χ1) is 10.4. The molecule has 1 amide bonds. The Labute approximate surface area is 131 Å². The molecule has 0 aromatic heterocycles. The average molecular weight is 307 g/mol. The van der Waals surface area contributed by atoms with Gasteiger partial charge in [-0.1, -0.05) is 31.9 Å². The number of rotatable bonds is 9. The molecule has 0 heterocycles. The maximum Gasteiger partial charge on any atom is 0.326 e. The van der Waals surface area contributed by atoms with Gasteiger partial charge in [-0.2, -0.15) is 0 Å². The van der Waals surface area contributed by atoms with Crippen molar-refractivity contribution in [1.29, 1.82) is 0 Å². The van der Waals surface area contributed by atoms with Crippen LogP contribution in [0.25, 0.3) is 0 Å². The molecule has 5 nitrogen and oxygen atoms in total. The van der Waals surface area contributed by atoms with Gasteiger partial charge < -0.3 is 15.2 Å². The van der Waals surface area contributed by atoms with Gasteiger partial charge in [0.05, 0.1) is 12.5 Å². The minimum atomic E-state index is -0.987. The van der Waals surface area contributed by atoms with Crippen molar-refractivity contribution in [3.8, 4) is 5.75 Å². The number of hydrogen-bond acceptors (Lipinski definition) is 3. The second-order valence-corrected chi connectivity index (χ2v) is 5.59. The summed E-state index contributed by atoms with van der Waals surface area (Å²) in [4.78, 5) is 23.1. The summed E-state index contributed by atoms with van der Waals surface area (Å²) in [7, 11) is 0. The smallest absolute Gasteiger partial charge is 0.326 e. The van der Waals surface area contributed by atoms with Crippen molar-refractivity contribution in [2.24, 2.45) is 0 Å². The number of ether oxygens (including phenoxy) is 1. The monoisotopic (exact) mass is 307 g/mol. The van der Waals surface area contributed by atoms with Crippen LogP contribution in [0.15, 0.2) is 24.3 Å². The second kappa shape index (κ2) is 9.07. The molecule has 22 heavy (non-hydrogen) atoms. The van der Waals surface area contributed by atoms with Gasteiger partial charge in [0.2, 0.25) is 5.91 Å². The summed E-state index contributed by atoms with van der Waals surface area (Å²) in [5.74, 6) is -0.565. The SMILES string of the molecule is CCCC[C@H](NC(=O)Cc1cccc(OC(C)C)c1)C(=O)O. The zero-order valence-corrected chi connectivity index (χ0v) is 13.5. The summed E-state index contributed by atoms with van der Waals surface area (Å²) in [6, 6.07) is 6.48. The number of benzene rings is 1. The predicted octanol–water partition coefficient (Wildman–Crippen LogP) is 2.78. The fourth-order valence-electron chi connectivity index (χ4n) is 2.10. The van der Waals surface area contributed by atoms with Crippen LogP contribution in [-0.2, 0) is 16.0 Å². The van der Waals surface area contributed by atoms with Gasteiger partial charge in [0.25, 0.3) is 0 Å². The quantitative estimate of drug-likeness (QED) is 0.735. The van der Waals surface area contributed by atoms with E-state index in [1.54, 1.807) is 6.07 Å². The molecule has 0 radical (unpaired) electrons. The van der Waals surface area contributed by atoms with Crippen LogP contribution in [0.5, 0.6) is 5.75 Å². The third-order valence-electron chi connectivity index (χ3n) is 3.11. The maximum absolute atomic E-state index is 12.0. The molecule has 0 spiro atoms. The molecule has 1 atom stereocenters. The lowest BCUT2D eigenvalue weighted by molar-refractivity contribution is -0.142. The van der Waals surface area contributed by atoms with Crippen LogP contribution in [-0.4, -0.2) is 29.1 Å².